The molecule has 116 valence electrons. The Kier molecular flexibility index (Phi) is 8.39. The minimum Gasteiger partial charge on any atom is -0.330 e. The van der Waals surface area contributed by atoms with E-state index in [2.05, 4.69) is 26.2 Å². The second-order valence-corrected chi connectivity index (χ2v) is 7.30. The first-order chi connectivity index (χ1) is 9.60. The van der Waals surface area contributed by atoms with Gasteiger partial charge in [0, 0.05) is 17.2 Å². The van der Waals surface area contributed by atoms with Gasteiger partial charge < -0.3 is 5.73 Å². The zero-order valence-electron chi connectivity index (χ0n) is 13.6. The van der Waals surface area contributed by atoms with E-state index in [1.165, 1.54) is 62.1 Å². The second kappa shape index (κ2) is 9.51. The summed E-state index contributed by atoms with van der Waals surface area (Å²) in [6.45, 7) is 7.63. The van der Waals surface area contributed by atoms with Gasteiger partial charge in [0.2, 0.25) is 0 Å². The smallest absolute Gasteiger partial charge is 0.0984 e. The lowest BCUT2D eigenvalue weighted by Crippen LogP contribution is -2.17. The van der Waals surface area contributed by atoms with Crippen LogP contribution in [0.3, 0.4) is 0 Å². The molecule has 1 heterocycles. The van der Waals surface area contributed by atoms with Gasteiger partial charge in [-0.2, -0.15) is 0 Å². The van der Waals surface area contributed by atoms with E-state index in [0.717, 1.165) is 6.42 Å². The number of aromatic nitrogens is 1. The molecule has 0 aliphatic carbocycles. The third kappa shape index (κ3) is 6.36. The number of nitrogens with zero attached hydrogens (tertiary/aromatic N) is 1. The van der Waals surface area contributed by atoms with E-state index in [1.807, 2.05) is 0 Å². The number of nitrogens with two attached hydrogens (primary N) is 1. The van der Waals surface area contributed by atoms with E-state index in [0.29, 0.717) is 6.54 Å². The fraction of sp³-hybridized carbons (Fsp3) is 0.824. The number of unbranched alkanes of at least 4 members (excludes halogenated alkanes) is 6. The molecule has 0 spiro atoms. The quantitative estimate of drug-likeness (QED) is 0.579. The zero-order chi connectivity index (χ0) is 14.8. The van der Waals surface area contributed by atoms with Gasteiger partial charge in [-0.3, -0.25) is 0 Å². The third-order valence-electron chi connectivity index (χ3n) is 3.94. The number of rotatable bonds is 11. The molecule has 1 aromatic rings. The highest BCUT2D eigenvalue weighted by Crippen LogP contribution is 2.31. The number of thiazole rings is 1. The SMILES string of the molecule is CCCCCCCCCC(C)(C)c1nc(CCN)cs1. The Hall–Kier alpha value is -0.410. The summed E-state index contributed by atoms with van der Waals surface area (Å²) >= 11 is 1.80. The van der Waals surface area contributed by atoms with Crippen LogP contribution in [0.4, 0.5) is 0 Å². The van der Waals surface area contributed by atoms with Crippen molar-refractivity contribution in [3.8, 4) is 0 Å². The molecule has 0 saturated carbocycles. The molecular weight excluding hydrogens is 264 g/mol. The molecule has 0 unspecified atom stereocenters. The van der Waals surface area contributed by atoms with Crippen LogP contribution in [0.1, 0.15) is 82.8 Å². The first kappa shape index (κ1) is 17.6. The fourth-order valence-corrected chi connectivity index (χ4v) is 3.52. The molecule has 0 atom stereocenters. The van der Waals surface area contributed by atoms with Gasteiger partial charge in [-0.1, -0.05) is 65.7 Å². The van der Waals surface area contributed by atoms with Crippen molar-refractivity contribution < 1.29 is 0 Å². The summed E-state index contributed by atoms with van der Waals surface area (Å²) < 4.78 is 0. The number of hydrogen-bond acceptors (Lipinski definition) is 3. The molecule has 20 heavy (non-hydrogen) atoms. The third-order valence-corrected chi connectivity index (χ3v) is 5.19. The molecule has 0 radical (unpaired) electrons. The van der Waals surface area contributed by atoms with Gasteiger partial charge in [-0.15, -0.1) is 11.3 Å². The molecule has 2 nitrogen and oxygen atoms in total. The van der Waals surface area contributed by atoms with Crippen molar-refractivity contribution in [1.29, 1.82) is 0 Å². The van der Waals surface area contributed by atoms with E-state index in [-0.39, 0.29) is 5.41 Å². The highest BCUT2D eigenvalue weighted by Gasteiger charge is 2.23. The fourth-order valence-electron chi connectivity index (χ4n) is 2.51. The molecule has 2 N–H and O–H groups in total. The maximum atomic E-state index is 5.59. The minimum atomic E-state index is 0.223. The molecule has 0 aliphatic heterocycles. The van der Waals surface area contributed by atoms with Crippen LogP contribution < -0.4 is 5.73 Å². The lowest BCUT2D eigenvalue weighted by atomic mass is 9.87. The van der Waals surface area contributed by atoms with Gasteiger partial charge in [0.1, 0.15) is 0 Å². The molecule has 0 fully saturated rings. The summed E-state index contributed by atoms with van der Waals surface area (Å²) in [7, 11) is 0. The molecule has 0 saturated heterocycles. The van der Waals surface area contributed by atoms with Crippen molar-refractivity contribution in [2.75, 3.05) is 6.54 Å². The van der Waals surface area contributed by atoms with Crippen molar-refractivity contribution >= 4 is 11.3 Å². The highest BCUT2D eigenvalue weighted by atomic mass is 32.1. The first-order valence-corrected chi connectivity index (χ1v) is 9.13. The molecule has 0 aliphatic rings. The van der Waals surface area contributed by atoms with E-state index in [4.69, 9.17) is 10.7 Å². The highest BCUT2D eigenvalue weighted by molar-refractivity contribution is 7.09. The van der Waals surface area contributed by atoms with Gasteiger partial charge in [-0.05, 0) is 13.0 Å². The van der Waals surface area contributed by atoms with Crippen LogP contribution >= 0.6 is 11.3 Å². The van der Waals surface area contributed by atoms with Crippen LogP contribution in [-0.4, -0.2) is 11.5 Å². The Bertz CT molecular complexity index is 358. The summed E-state index contributed by atoms with van der Waals surface area (Å²) in [5, 5.41) is 3.46. The lowest BCUT2D eigenvalue weighted by molar-refractivity contribution is 0.439. The zero-order valence-corrected chi connectivity index (χ0v) is 14.4. The summed E-state index contributed by atoms with van der Waals surface area (Å²) in [6, 6.07) is 0. The molecule has 0 aromatic carbocycles. The summed E-state index contributed by atoms with van der Waals surface area (Å²) in [5.41, 5.74) is 6.98. The second-order valence-electron chi connectivity index (χ2n) is 6.44. The van der Waals surface area contributed by atoms with Crippen LogP contribution in [0.5, 0.6) is 0 Å². The van der Waals surface area contributed by atoms with Gasteiger partial charge in [0.05, 0.1) is 10.7 Å². The van der Waals surface area contributed by atoms with Crippen LogP contribution in [0, 0.1) is 0 Å². The van der Waals surface area contributed by atoms with Crippen LogP contribution in [0.15, 0.2) is 5.38 Å². The van der Waals surface area contributed by atoms with Crippen molar-refractivity contribution in [3.63, 3.8) is 0 Å². The molecular formula is C17H32N2S. The topological polar surface area (TPSA) is 38.9 Å². The Balaban J connectivity index is 2.26. The monoisotopic (exact) mass is 296 g/mol. The van der Waals surface area contributed by atoms with E-state index in [1.54, 1.807) is 11.3 Å². The molecule has 1 rings (SSSR count). The average Bonchev–Trinajstić information content (AvgIpc) is 2.88. The van der Waals surface area contributed by atoms with Crippen LogP contribution in [0.25, 0.3) is 0 Å². The first-order valence-electron chi connectivity index (χ1n) is 8.25. The van der Waals surface area contributed by atoms with Crippen molar-refractivity contribution in [2.45, 2.75) is 84.0 Å². The van der Waals surface area contributed by atoms with Crippen molar-refractivity contribution in [1.82, 2.24) is 4.98 Å². The largest absolute Gasteiger partial charge is 0.330 e. The maximum absolute atomic E-state index is 5.59. The average molecular weight is 297 g/mol. The lowest BCUT2D eigenvalue weighted by Gasteiger charge is -2.21. The van der Waals surface area contributed by atoms with Gasteiger partial charge in [0.25, 0.3) is 0 Å². The normalized spacial score (nSPS) is 12.0. The summed E-state index contributed by atoms with van der Waals surface area (Å²) in [5.74, 6) is 0. The molecule has 3 heteroatoms. The van der Waals surface area contributed by atoms with E-state index < -0.39 is 0 Å². The predicted molar refractivity (Wildman–Crippen MR) is 90.5 cm³/mol. The van der Waals surface area contributed by atoms with E-state index >= 15 is 0 Å². The molecule has 0 amide bonds. The Labute approximate surface area is 129 Å². The Morgan fingerprint density at radius 2 is 1.75 bits per heavy atom. The maximum Gasteiger partial charge on any atom is 0.0984 e. The van der Waals surface area contributed by atoms with Gasteiger partial charge in [0.15, 0.2) is 0 Å². The van der Waals surface area contributed by atoms with Crippen molar-refractivity contribution in [2.24, 2.45) is 5.73 Å². The molecule has 1 aromatic heterocycles. The van der Waals surface area contributed by atoms with Crippen LogP contribution in [0.2, 0.25) is 0 Å². The van der Waals surface area contributed by atoms with Crippen LogP contribution in [-0.2, 0) is 11.8 Å². The van der Waals surface area contributed by atoms with Gasteiger partial charge >= 0.3 is 0 Å². The summed E-state index contributed by atoms with van der Waals surface area (Å²) in [4.78, 5) is 4.75. The van der Waals surface area contributed by atoms with Crippen molar-refractivity contribution in [3.05, 3.63) is 16.1 Å². The minimum absolute atomic E-state index is 0.223. The standard InChI is InChI=1S/C17H32N2S/c1-4-5-6-7-8-9-10-12-17(2,3)16-19-15(11-13-18)14-20-16/h14H,4-13,18H2,1-3H3. The number of hydrogen-bond donors (Lipinski definition) is 1. The molecule has 0 bridgehead atoms. The van der Waals surface area contributed by atoms with E-state index in [9.17, 15) is 0 Å². The predicted octanol–water partition coefficient (Wildman–Crippen LogP) is 5.06. The Morgan fingerprint density at radius 1 is 1.10 bits per heavy atom. The summed E-state index contributed by atoms with van der Waals surface area (Å²) in [6.07, 6.45) is 11.8. The van der Waals surface area contributed by atoms with Gasteiger partial charge in [-0.25, -0.2) is 4.98 Å². The Morgan fingerprint density at radius 3 is 2.40 bits per heavy atom.